The molecule has 2 aliphatic rings. The molecule has 1 aromatic heterocycles. The van der Waals surface area contributed by atoms with E-state index in [0.717, 1.165) is 5.69 Å². The fourth-order valence-corrected chi connectivity index (χ4v) is 3.27. The second kappa shape index (κ2) is 7.60. The monoisotopic (exact) mass is 347 g/mol. The maximum atomic E-state index is 12.7. The van der Waals surface area contributed by atoms with Crippen LogP contribution < -0.4 is 0 Å². The minimum Gasteiger partial charge on any atom is -0.481 e. The molecule has 25 heavy (non-hydrogen) atoms. The highest BCUT2D eigenvalue weighted by Gasteiger charge is 2.38. The summed E-state index contributed by atoms with van der Waals surface area (Å²) in [5.41, 5.74) is 0.789. The van der Waals surface area contributed by atoms with E-state index in [1.807, 2.05) is 18.2 Å². The predicted octanol–water partition coefficient (Wildman–Crippen LogP) is 0.132. The third-order valence-electron chi connectivity index (χ3n) is 4.50. The summed E-state index contributed by atoms with van der Waals surface area (Å²) in [6, 6.07) is 5.52. The van der Waals surface area contributed by atoms with Crippen LogP contribution in [0.5, 0.6) is 0 Å². The van der Waals surface area contributed by atoms with Gasteiger partial charge in [0.2, 0.25) is 11.8 Å². The van der Waals surface area contributed by atoms with Gasteiger partial charge in [-0.15, -0.1) is 0 Å². The van der Waals surface area contributed by atoms with E-state index in [1.165, 1.54) is 0 Å². The van der Waals surface area contributed by atoms with Crippen LogP contribution >= 0.6 is 0 Å². The zero-order valence-electron chi connectivity index (χ0n) is 13.8. The van der Waals surface area contributed by atoms with Crippen molar-refractivity contribution in [1.29, 1.82) is 0 Å². The molecule has 1 aromatic rings. The average molecular weight is 347 g/mol. The van der Waals surface area contributed by atoms with Gasteiger partial charge in [-0.2, -0.15) is 0 Å². The molecule has 0 aliphatic carbocycles. The van der Waals surface area contributed by atoms with Gasteiger partial charge in [0.15, 0.2) is 0 Å². The van der Waals surface area contributed by atoms with E-state index >= 15 is 0 Å². The van der Waals surface area contributed by atoms with Crippen molar-refractivity contribution < 1.29 is 24.2 Å². The summed E-state index contributed by atoms with van der Waals surface area (Å²) < 4.78 is 5.39. The molecular weight excluding hydrogens is 326 g/mol. The van der Waals surface area contributed by atoms with Crippen LogP contribution in [-0.4, -0.2) is 70.0 Å². The van der Waals surface area contributed by atoms with Gasteiger partial charge in [0, 0.05) is 32.3 Å². The number of aromatic nitrogens is 1. The largest absolute Gasteiger partial charge is 0.481 e. The molecule has 8 heteroatoms. The van der Waals surface area contributed by atoms with E-state index in [9.17, 15) is 14.4 Å². The van der Waals surface area contributed by atoms with Crippen molar-refractivity contribution in [2.24, 2.45) is 5.92 Å². The molecule has 2 aliphatic heterocycles. The first-order valence-corrected chi connectivity index (χ1v) is 8.33. The van der Waals surface area contributed by atoms with Gasteiger partial charge in [-0.3, -0.25) is 19.4 Å². The molecule has 1 N–H and O–H groups in total. The Kier molecular flexibility index (Phi) is 5.28. The molecule has 0 aromatic carbocycles. The summed E-state index contributed by atoms with van der Waals surface area (Å²) in [5.74, 6) is -1.49. The van der Waals surface area contributed by atoms with Crippen LogP contribution in [0.2, 0.25) is 0 Å². The number of carbonyl (C=O) groups is 3. The van der Waals surface area contributed by atoms with Crippen molar-refractivity contribution in [1.82, 2.24) is 14.8 Å². The van der Waals surface area contributed by atoms with Crippen LogP contribution in [-0.2, 0) is 25.7 Å². The van der Waals surface area contributed by atoms with Gasteiger partial charge in [0.25, 0.3) is 0 Å². The molecule has 8 nitrogen and oxygen atoms in total. The molecule has 0 spiro atoms. The Morgan fingerprint density at radius 1 is 1.32 bits per heavy atom. The lowest BCUT2D eigenvalue weighted by Crippen LogP contribution is -2.48. The van der Waals surface area contributed by atoms with E-state index < -0.39 is 12.1 Å². The van der Waals surface area contributed by atoms with Crippen LogP contribution in [0.25, 0.3) is 0 Å². The van der Waals surface area contributed by atoms with Gasteiger partial charge < -0.3 is 19.6 Å². The van der Waals surface area contributed by atoms with Gasteiger partial charge in [-0.05, 0) is 12.1 Å². The number of hydrogen-bond acceptors (Lipinski definition) is 5. The first-order valence-electron chi connectivity index (χ1n) is 8.33. The summed E-state index contributed by atoms with van der Waals surface area (Å²) in [6.07, 6.45) is 1.25. The van der Waals surface area contributed by atoms with Gasteiger partial charge >= 0.3 is 5.97 Å². The van der Waals surface area contributed by atoms with Crippen molar-refractivity contribution in [3.8, 4) is 0 Å². The number of nitrogens with zero attached hydrogens (tertiary/aromatic N) is 3. The Morgan fingerprint density at radius 3 is 2.88 bits per heavy atom. The Morgan fingerprint density at radius 2 is 2.16 bits per heavy atom. The molecule has 2 atom stereocenters. The second-order valence-electron chi connectivity index (χ2n) is 6.37. The third kappa shape index (κ3) is 4.33. The number of carboxylic acids is 1. The third-order valence-corrected chi connectivity index (χ3v) is 4.50. The number of amides is 2. The molecule has 0 radical (unpaired) electrons. The van der Waals surface area contributed by atoms with Gasteiger partial charge in [-0.1, -0.05) is 6.07 Å². The van der Waals surface area contributed by atoms with Crippen molar-refractivity contribution in [2.45, 2.75) is 25.5 Å². The number of rotatable bonds is 5. The minimum atomic E-state index is -0.947. The molecule has 0 saturated carbocycles. The highest BCUT2D eigenvalue weighted by molar-refractivity contribution is 5.89. The number of ether oxygens (including phenoxy) is 1. The SMILES string of the molecule is O=C(O)C[C@H]1CN(C(=O)[C@@H]2CC(=O)N(Cc3ccccn3)C2)CCO1. The first-order chi connectivity index (χ1) is 12.0. The molecule has 2 fully saturated rings. The van der Waals surface area contributed by atoms with Crippen molar-refractivity contribution in [3.05, 3.63) is 30.1 Å². The number of hydrogen-bond donors (Lipinski definition) is 1. The Balaban J connectivity index is 1.57. The zero-order chi connectivity index (χ0) is 17.8. The zero-order valence-corrected chi connectivity index (χ0v) is 13.8. The van der Waals surface area contributed by atoms with Gasteiger partial charge in [0.1, 0.15) is 0 Å². The number of likely N-dealkylation sites (tertiary alicyclic amines) is 1. The second-order valence-corrected chi connectivity index (χ2v) is 6.37. The Bertz CT molecular complexity index is 651. The number of aliphatic carboxylic acids is 1. The average Bonchev–Trinajstić information content (AvgIpc) is 2.95. The maximum absolute atomic E-state index is 12.7. The molecule has 2 amide bonds. The van der Waals surface area contributed by atoms with Crippen molar-refractivity contribution in [2.75, 3.05) is 26.2 Å². The molecule has 3 heterocycles. The van der Waals surface area contributed by atoms with Crippen LogP contribution in [0.1, 0.15) is 18.5 Å². The molecule has 0 bridgehead atoms. The quantitative estimate of drug-likeness (QED) is 0.813. The molecule has 3 rings (SSSR count). The summed E-state index contributed by atoms with van der Waals surface area (Å²) >= 11 is 0. The lowest BCUT2D eigenvalue weighted by Gasteiger charge is -2.33. The minimum absolute atomic E-state index is 0.0562. The first kappa shape index (κ1) is 17.3. The number of carboxylic acid groups (broad SMARTS) is 1. The van der Waals surface area contributed by atoms with Crippen LogP contribution in [0.3, 0.4) is 0 Å². The van der Waals surface area contributed by atoms with Crippen LogP contribution in [0, 0.1) is 5.92 Å². The highest BCUT2D eigenvalue weighted by Crippen LogP contribution is 2.23. The molecule has 2 saturated heterocycles. The number of morpholine rings is 1. The fraction of sp³-hybridized carbons (Fsp3) is 0.529. The Hall–Kier alpha value is -2.48. The lowest BCUT2D eigenvalue weighted by molar-refractivity contribution is -0.149. The topological polar surface area (TPSA) is 100 Å². The van der Waals surface area contributed by atoms with Gasteiger partial charge in [0.05, 0.1) is 37.3 Å². The summed E-state index contributed by atoms with van der Waals surface area (Å²) in [7, 11) is 0. The van der Waals surface area contributed by atoms with E-state index in [0.29, 0.717) is 26.2 Å². The van der Waals surface area contributed by atoms with E-state index in [1.54, 1.807) is 16.0 Å². The van der Waals surface area contributed by atoms with E-state index in [2.05, 4.69) is 4.98 Å². The van der Waals surface area contributed by atoms with Gasteiger partial charge in [-0.25, -0.2) is 0 Å². The predicted molar refractivity (Wildman–Crippen MR) is 86.3 cm³/mol. The maximum Gasteiger partial charge on any atom is 0.306 e. The highest BCUT2D eigenvalue weighted by atomic mass is 16.5. The standard InChI is InChI=1S/C17H21N3O5/c21-15-7-12(9-20(15)10-13-3-1-2-4-18-13)17(24)19-5-6-25-14(11-19)8-16(22)23/h1-4,12,14H,5-11H2,(H,22,23)/t12-,14+/m1/s1. The number of carbonyl (C=O) groups excluding carboxylic acids is 2. The lowest BCUT2D eigenvalue weighted by atomic mass is 10.1. The van der Waals surface area contributed by atoms with E-state index in [-0.39, 0.29) is 37.1 Å². The summed E-state index contributed by atoms with van der Waals surface area (Å²) in [4.78, 5) is 43.2. The Labute approximate surface area is 145 Å². The van der Waals surface area contributed by atoms with Crippen LogP contribution in [0.15, 0.2) is 24.4 Å². The van der Waals surface area contributed by atoms with Crippen LogP contribution in [0.4, 0.5) is 0 Å². The molecule has 134 valence electrons. The summed E-state index contributed by atoms with van der Waals surface area (Å²) in [5, 5.41) is 8.87. The smallest absolute Gasteiger partial charge is 0.306 e. The summed E-state index contributed by atoms with van der Waals surface area (Å²) in [6.45, 7) is 1.78. The molecule has 0 unspecified atom stereocenters. The normalized spacial score (nSPS) is 23.8. The van der Waals surface area contributed by atoms with Crippen molar-refractivity contribution in [3.63, 3.8) is 0 Å². The molecular formula is C17H21N3O5. The van der Waals surface area contributed by atoms with E-state index in [4.69, 9.17) is 9.84 Å². The fourth-order valence-electron chi connectivity index (χ4n) is 3.27. The number of pyridine rings is 1. The van der Waals surface area contributed by atoms with Crippen molar-refractivity contribution >= 4 is 17.8 Å².